The number of piperidine rings is 1. The van der Waals surface area contributed by atoms with Gasteiger partial charge in [0.05, 0.1) is 11.9 Å². The van der Waals surface area contributed by atoms with Crippen LogP contribution in [0.1, 0.15) is 36.8 Å². The summed E-state index contributed by atoms with van der Waals surface area (Å²) in [5, 5.41) is 14.4. The average Bonchev–Trinajstić information content (AvgIpc) is 3.08. The second-order valence-corrected chi connectivity index (χ2v) is 8.85. The fraction of sp³-hybridized carbons (Fsp3) is 0.400. The Hall–Kier alpha value is -2.74. The van der Waals surface area contributed by atoms with Crippen LogP contribution >= 0.6 is 11.3 Å². The van der Waals surface area contributed by atoms with Crippen LogP contribution in [0, 0.1) is 12.3 Å². The van der Waals surface area contributed by atoms with Crippen LogP contribution in [-0.4, -0.2) is 37.9 Å². The minimum atomic E-state index is 0.324. The van der Waals surface area contributed by atoms with Gasteiger partial charge in [-0.15, -0.1) is 15.3 Å². The zero-order valence-corrected chi connectivity index (χ0v) is 16.4. The quantitative estimate of drug-likeness (QED) is 0.526. The number of rotatable bonds is 3. The standard InChI is InChI=1S/C20H20N6OS/c1-13-12-26-18(21-13)28-19(24-26)25-9-7-20(8-10-25)11-15(20)17-23-22-16(27-17)14-5-3-2-4-6-14/h2-6,12,15H,7-11H2,1H3. The maximum Gasteiger partial charge on any atom is 0.247 e. The van der Waals surface area contributed by atoms with Crippen molar-refractivity contribution in [3.05, 3.63) is 48.1 Å². The van der Waals surface area contributed by atoms with Crippen molar-refractivity contribution in [1.29, 1.82) is 0 Å². The first-order valence-corrected chi connectivity index (χ1v) is 10.5. The molecular weight excluding hydrogens is 372 g/mol. The number of aryl methyl sites for hydroxylation is 1. The summed E-state index contributed by atoms with van der Waals surface area (Å²) in [5.74, 6) is 1.82. The van der Waals surface area contributed by atoms with Crippen molar-refractivity contribution in [2.24, 2.45) is 5.41 Å². The van der Waals surface area contributed by atoms with Gasteiger partial charge in [0.2, 0.25) is 21.9 Å². The van der Waals surface area contributed by atoms with Gasteiger partial charge < -0.3 is 9.32 Å². The molecule has 3 aromatic heterocycles. The van der Waals surface area contributed by atoms with Gasteiger partial charge in [0.15, 0.2) is 0 Å². The second-order valence-electron chi connectivity index (χ2n) is 7.91. The first kappa shape index (κ1) is 16.2. The van der Waals surface area contributed by atoms with Crippen molar-refractivity contribution in [2.45, 2.75) is 32.1 Å². The molecule has 8 heteroatoms. The van der Waals surface area contributed by atoms with Crippen LogP contribution in [0.15, 0.2) is 40.9 Å². The van der Waals surface area contributed by atoms with E-state index in [0.717, 1.165) is 59.6 Å². The molecule has 6 rings (SSSR count). The Morgan fingerprint density at radius 3 is 2.75 bits per heavy atom. The highest BCUT2D eigenvalue weighted by Crippen LogP contribution is 2.64. The molecular formula is C20H20N6OS. The molecule has 0 amide bonds. The summed E-state index contributed by atoms with van der Waals surface area (Å²) >= 11 is 1.67. The molecule has 1 saturated heterocycles. The Balaban J connectivity index is 1.15. The molecule has 1 aromatic carbocycles. The summed E-state index contributed by atoms with van der Waals surface area (Å²) < 4.78 is 7.91. The van der Waals surface area contributed by atoms with E-state index in [1.54, 1.807) is 11.3 Å². The molecule has 4 aromatic rings. The molecule has 1 aliphatic carbocycles. The van der Waals surface area contributed by atoms with E-state index in [-0.39, 0.29) is 0 Å². The predicted octanol–water partition coefficient (Wildman–Crippen LogP) is 3.92. The van der Waals surface area contributed by atoms with Gasteiger partial charge in [0, 0.05) is 24.6 Å². The highest BCUT2D eigenvalue weighted by atomic mass is 32.1. The number of anilines is 1. The van der Waals surface area contributed by atoms with E-state index >= 15 is 0 Å². The summed E-state index contributed by atoms with van der Waals surface area (Å²) in [4.78, 5) is 7.87. The van der Waals surface area contributed by atoms with Gasteiger partial charge in [-0.25, -0.2) is 9.50 Å². The molecule has 28 heavy (non-hydrogen) atoms. The SMILES string of the molecule is Cc1cn2nc(N3CCC4(CC3)CC4c3nnc(-c4ccccc4)o3)sc2n1. The lowest BCUT2D eigenvalue weighted by molar-refractivity contribution is 0.353. The highest BCUT2D eigenvalue weighted by molar-refractivity contribution is 7.20. The third-order valence-electron chi connectivity index (χ3n) is 6.13. The van der Waals surface area contributed by atoms with Crippen molar-refractivity contribution in [2.75, 3.05) is 18.0 Å². The molecule has 7 nitrogen and oxygen atoms in total. The normalized spacial score (nSPS) is 20.9. The highest BCUT2D eigenvalue weighted by Gasteiger charge is 2.58. The molecule has 1 spiro atoms. The molecule has 142 valence electrons. The number of nitrogens with zero attached hydrogens (tertiary/aromatic N) is 6. The lowest BCUT2D eigenvalue weighted by Gasteiger charge is -2.32. The van der Waals surface area contributed by atoms with Crippen LogP contribution in [0.5, 0.6) is 0 Å². The number of fused-ring (bicyclic) bond motifs is 1. The third kappa shape index (κ3) is 2.55. The summed E-state index contributed by atoms with van der Waals surface area (Å²) in [7, 11) is 0. The lowest BCUT2D eigenvalue weighted by atomic mass is 9.91. The summed E-state index contributed by atoms with van der Waals surface area (Å²) in [5.41, 5.74) is 2.32. The molecule has 2 fully saturated rings. The van der Waals surface area contributed by atoms with E-state index in [1.807, 2.05) is 48.0 Å². The molecule has 1 unspecified atom stereocenters. The molecule has 4 heterocycles. The Kier molecular flexibility index (Phi) is 3.41. The predicted molar refractivity (Wildman–Crippen MR) is 107 cm³/mol. The van der Waals surface area contributed by atoms with Crippen LogP contribution in [0.25, 0.3) is 16.4 Å². The van der Waals surface area contributed by atoms with Crippen LogP contribution in [0.3, 0.4) is 0 Å². The second kappa shape index (κ2) is 5.88. The van der Waals surface area contributed by atoms with Gasteiger partial charge in [-0.05, 0) is 43.7 Å². The maximum absolute atomic E-state index is 6.02. The van der Waals surface area contributed by atoms with E-state index < -0.39 is 0 Å². The Labute approximate surface area is 166 Å². The largest absolute Gasteiger partial charge is 0.420 e. The molecule has 0 N–H and O–H groups in total. The number of imidazole rings is 1. The van der Waals surface area contributed by atoms with Gasteiger partial charge in [-0.3, -0.25) is 0 Å². The molecule has 1 atom stereocenters. The summed E-state index contributed by atoms with van der Waals surface area (Å²) in [6.07, 6.45) is 5.42. The van der Waals surface area contributed by atoms with Crippen LogP contribution in [-0.2, 0) is 0 Å². The van der Waals surface area contributed by atoms with Gasteiger partial charge in [0.25, 0.3) is 0 Å². The average molecular weight is 392 g/mol. The fourth-order valence-corrected chi connectivity index (χ4v) is 5.37. The lowest BCUT2D eigenvalue weighted by Crippen LogP contribution is -2.35. The molecule has 1 aliphatic heterocycles. The zero-order chi connectivity index (χ0) is 18.7. The molecule has 0 bridgehead atoms. The Bertz CT molecular complexity index is 1110. The summed E-state index contributed by atoms with van der Waals surface area (Å²) in [6.45, 7) is 4.04. The van der Waals surface area contributed by atoms with Crippen molar-refractivity contribution >= 4 is 21.4 Å². The van der Waals surface area contributed by atoms with E-state index in [4.69, 9.17) is 9.52 Å². The van der Waals surface area contributed by atoms with Crippen molar-refractivity contribution in [3.8, 4) is 11.5 Å². The van der Waals surface area contributed by atoms with Gasteiger partial charge in [-0.2, -0.15) is 0 Å². The smallest absolute Gasteiger partial charge is 0.247 e. The molecule has 0 radical (unpaired) electrons. The van der Waals surface area contributed by atoms with E-state index in [1.165, 1.54) is 0 Å². The summed E-state index contributed by atoms with van der Waals surface area (Å²) in [6, 6.07) is 9.98. The number of hydrogen-bond acceptors (Lipinski definition) is 7. The van der Waals surface area contributed by atoms with Crippen LogP contribution in [0.2, 0.25) is 0 Å². The van der Waals surface area contributed by atoms with Crippen molar-refractivity contribution < 1.29 is 4.42 Å². The monoisotopic (exact) mass is 392 g/mol. The Morgan fingerprint density at radius 2 is 1.96 bits per heavy atom. The molecule has 2 aliphatic rings. The topological polar surface area (TPSA) is 72.3 Å². The Morgan fingerprint density at radius 1 is 1.14 bits per heavy atom. The fourth-order valence-electron chi connectivity index (χ4n) is 4.39. The number of aromatic nitrogens is 5. The first-order chi connectivity index (χ1) is 13.7. The van der Waals surface area contributed by atoms with Gasteiger partial charge >= 0.3 is 0 Å². The van der Waals surface area contributed by atoms with Crippen molar-refractivity contribution in [3.63, 3.8) is 0 Å². The van der Waals surface area contributed by atoms with Crippen molar-refractivity contribution in [1.82, 2.24) is 24.8 Å². The minimum Gasteiger partial charge on any atom is -0.420 e. The van der Waals surface area contributed by atoms with Crippen LogP contribution < -0.4 is 4.90 Å². The third-order valence-corrected chi connectivity index (χ3v) is 7.12. The molecule has 1 saturated carbocycles. The zero-order valence-electron chi connectivity index (χ0n) is 15.6. The maximum atomic E-state index is 6.02. The first-order valence-electron chi connectivity index (χ1n) is 9.67. The van der Waals surface area contributed by atoms with E-state index in [2.05, 4.69) is 20.1 Å². The van der Waals surface area contributed by atoms with Gasteiger partial charge in [-0.1, -0.05) is 29.5 Å². The number of benzene rings is 1. The van der Waals surface area contributed by atoms with Gasteiger partial charge in [0.1, 0.15) is 0 Å². The number of hydrogen-bond donors (Lipinski definition) is 0. The van der Waals surface area contributed by atoms with E-state index in [9.17, 15) is 0 Å². The van der Waals surface area contributed by atoms with E-state index in [0.29, 0.717) is 17.2 Å². The minimum absolute atomic E-state index is 0.324. The van der Waals surface area contributed by atoms with Crippen LogP contribution in [0.4, 0.5) is 5.13 Å².